The Labute approximate surface area is 118 Å². The number of carbonyl (C=O) groups excluding carboxylic acids is 1. The van der Waals surface area contributed by atoms with Crippen LogP contribution in [-0.2, 0) is 4.79 Å². The summed E-state index contributed by atoms with van der Waals surface area (Å²) in [6, 6.07) is 6.34. The van der Waals surface area contributed by atoms with Gasteiger partial charge in [0.05, 0.1) is 0 Å². The second kappa shape index (κ2) is 5.05. The van der Waals surface area contributed by atoms with Gasteiger partial charge < -0.3 is 11.1 Å². The van der Waals surface area contributed by atoms with Crippen LogP contribution in [0.4, 0.5) is 10.1 Å². The summed E-state index contributed by atoms with van der Waals surface area (Å²) in [4.78, 5) is 14.4. The molecule has 108 valence electrons. The molecule has 20 heavy (non-hydrogen) atoms. The highest BCUT2D eigenvalue weighted by molar-refractivity contribution is 5.89. The molecule has 0 saturated carbocycles. The summed E-state index contributed by atoms with van der Waals surface area (Å²) in [5, 5.41) is 3.24. The molecule has 1 aromatic rings. The average Bonchev–Trinajstić information content (AvgIpc) is 2.79. The van der Waals surface area contributed by atoms with Crippen molar-refractivity contribution in [3.8, 4) is 0 Å². The number of rotatable bonds is 3. The fourth-order valence-corrected chi connectivity index (χ4v) is 3.62. The Kier molecular flexibility index (Phi) is 3.38. The van der Waals surface area contributed by atoms with Crippen LogP contribution in [0.5, 0.6) is 0 Å². The normalized spacial score (nSPS) is 29.9. The molecule has 2 fully saturated rings. The van der Waals surface area contributed by atoms with Crippen molar-refractivity contribution in [2.45, 2.75) is 37.3 Å². The van der Waals surface area contributed by atoms with Gasteiger partial charge in [-0.05, 0) is 44.0 Å². The zero-order chi connectivity index (χ0) is 14.2. The van der Waals surface area contributed by atoms with E-state index in [0.717, 1.165) is 25.9 Å². The van der Waals surface area contributed by atoms with E-state index in [9.17, 15) is 9.18 Å². The van der Waals surface area contributed by atoms with Gasteiger partial charge in [0, 0.05) is 18.3 Å². The molecule has 0 spiro atoms. The zero-order valence-electron chi connectivity index (χ0n) is 11.4. The Morgan fingerprint density at radius 3 is 3.00 bits per heavy atom. The molecule has 0 radical (unpaired) electrons. The topological polar surface area (TPSA) is 58.4 Å². The van der Waals surface area contributed by atoms with E-state index in [1.54, 1.807) is 12.1 Å². The van der Waals surface area contributed by atoms with Gasteiger partial charge in [-0.15, -0.1) is 0 Å². The highest BCUT2D eigenvalue weighted by Gasteiger charge is 2.52. The lowest BCUT2D eigenvalue weighted by Crippen LogP contribution is -2.59. The van der Waals surface area contributed by atoms with Gasteiger partial charge in [-0.1, -0.05) is 12.5 Å². The number of nitrogens with one attached hydrogen (secondary N) is 1. The lowest BCUT2D eigenvalue weighted by Gasteiger charge is -2.39. The Hall–Kier alpha value is -1.62. The number of nitrogens with two attached hydrogens (primary N) is 1. The lowest BCUT2D eigenvalue weighted by atomic mass is 9.84. The Morgan fingerprint density at radius 2 is 2.25 bits per heavy atom. The molecule has 2 saturated heterocycles. The third-order valence-electron chi connectivity index (χ3n) is 4.61. The van der Waals surface area contributed by atoms with Gasteiger partial charge in [-0.25, -0.2) is 4.39 Å². The second-order valence-electron chi connectivity index (χ2n) is 5.77. The summed E-state index contributed by atoms with van der Waals surface area (Å²) in [6.07, 6.45) is 3.93. The van der Waals surface area contributed by atoms with Crippen molar-refractivity contribution in [1.29, 1.82) is 0 Å². The molecule has 3 N–H and O–H groups in total. The highest BCUT2D eigenvalue weighted by Crippen LogP contribution is 2.37. The first kappa shape index (κ1) is 13.4. The molecule has 5 heteroatoms. The van der Waals surface area contributed by atoms with Gasteiger partial charge in [-0.2, -0.15) is 0 Å². The van der Waals surface area contributed by atoms with Crippen LogP contribution in [0.25, 0.3) is 0 Å². The van der Waals surface area contributed by atoms with E-state index >= 15 is 0 Å². The molecule has 3 rings (SSSR count). The van der Waals surface area contributed by atoms with Crippen LogP contribution in [0, 0.1) is 5.82 Å². The van der Waals surface area contributed by atoms with Crippen molar-refractivity contribution in [1.82, 2.24) is 4.90 Å². The van der Waals surface area contributed by atoms with E-state index in [0.29, 0.717) is 12.1 Å². The Balaban J connectivity index is 1.90. The largest absolute Gasteiger partial charge is 0.370 e. The number of nitrogens with zero attached hydrogens (tertiary/aromatic N) is 1. The number of fused-ring (bicyclic) bond motifs is 1. The first-order valence-corrected chi connectivity index (χ1v) is 7.19. The van der Waals surface area contributed by atoms with E-state index in [1.165, 1.54) is 18.6 Å². The Morgan fingerprint density at radius 1 is 1.40 bits per heavy atom. The maximum absolute atomic E-state index is 13.3. The van der Waals surface area contributed by atoms with E-state index in [1.807, 2.05) is 0 Å². The fourth-order valence-electron chi connectivity index (χ4n) is 3.62. The van der Waals surface area contributed by atoms with E-state index < -0.39 is 5.54 Å². The first-order valence-electron chi connectivity index (χ1n) is 7.19. The SMILES string of the molecule is NC(=O)C1(Nc2cccc(F)c2)CCN2CCCCC21. The molecule has 0 bridgehead atoms. The molecule has 2 aliphatic rings. The summed E-state index contributed by atoms with van der Waals surface area (Å²) < 4.78 is 13.3. The van der Waals surface area contributed by atoms with Gasteiger partial charge in [0.25, 0.3) is 0 Å². The Bertz CT molecular complexity index is 522. The van der Waals surface area contributed by atoms with Gasteiger partial charge >= 0.3 is 0 Å². The lowest BCUT2D eigenvalue weighted by molar-refractivity contribution is -0.123. The molecule has 1 amide bonds. The molecule has 1 aromatic carbocycles. The minimum absolute atomic E-state index is 0.122. The second-order valence-corrected chi connectivity index (χ2v) is 5.77. The summed E-state index contributed by atoms with van der Waals surface area (Å²) in [5.74, 6) is -0.649. The number of carbonyl (C=O) groups is 1. The third-order valence-corrected chi connectivity index (χ3v) is 4.61. The molecule has 2 atom stereocenters. The van der Waals surface area contributed by atoms with E-state index in [4.69, 9.17) is 5.73 Å². The van der Waals surface area contributed by atoms with Crippen molar-refractivity contribution in [2.75, 3.05) is 18.4 Å². The molecular weight excluding hydrogens is 257 g/mol. The van der Waals surface area contributed by atoms with Gasteiger partial charge in [0.2, 0.25) is 5.91 Å². The smallest absolute Gasteiger partial charge is 0.244 e. The summed E-state index contributed by atoms with van der Waals surface area (Å²) >= 11 is 0. The van der Waals surface area contributed by atoms with Crippen molar-refractivity contribution >= 4 is 11.6 Å². The highest BCUT2D eigenvalue weighted by atomic mass is 19.1. The number of primary amides is 1. The number of halogens is 1. The molecule has 2 heterocycles. The maximum atomic E-state index is 13.3. The minimum atomic E-state index is -0.770. The van der Waals surface area contributed by atoms with Crippen molar-refractivity contribution in [3.63, 3.8) is 0 Å². The number of piperidine rings is 1. The number of hydrogen-bond donors (Lipinski definition) is 2. The van der Waals surface area contributed by atoms with Crippen molar-refractivity contribution in [3.05, 3.63) is 30.1 Å². The zero-order valence-corrected chi connectivity index (χ0v) is 11.4. The van der Waals surface area contributed by atoms with Gasteiger partial charge in [-0.3, -0.25) is 9.69 Å². The minimum Gasteiger partial charge on any atom is -0.370 e. The predicted molar refractivity (Wildman–Crippen MR) is 75.8 cm³/mol. The standard InChI is InChI=1S/C15H20FN3O/c16-11-4-3-5-12(10-11)18-15(14(17)20)7-9-19-8-2-1-6-13(15)19/h3-5,10,13,18H,1-2,6-9H2,(H2,17,20). The molecule has 2 unspecified atom stereocenters. The molecule has 4 nitrogen and oxygen atoms in total. The summed E-state index contributed by atoms with van der Waals surface area (Å²) in [5.41, 5.74) is 5.56. The summed E-state index contributed by atoms with van der Waals surface area (Å²) in [7, 11) is 0. The number of benzene rings is 1. The maximum Gasteiger partial charge on any atom is 0.244 e. The van der Waals surface area contributed by atoms with Crippen LogP contribution in [0.1, 0.15) is 25.7 Å². The fraction of sp³-hybridized carbons (Fsp3) is 0.533. The van der Waals surface area contributed by atoms with Crippen LogP contribution in [-0.4, -0.2) is 35.5 Å². The molecule has 0 aromatic heterocycles. The quantitative estimate of drug-likeness (QED) is 0.884. The number of hydrogen-bond acceptors (Lipinski definition) is 3. The third kappa shape index (κ3) is 2.16. The van der Waals surface area contributed by atoms with Crippen molar-refractivity contribution in [2.24, 2.45) is 5.73 Å². The van der Waals surface area contributed by atoms with Crippen LogP contribution in [0.2, 0.25) is 0 Å². The number of anilines is 1. The van der Waals surface area contributed by atoms with Crippen LogP contribution >= 0.6 is 0 Å². The van der Waals surface area contributed by atoms with E-state index in [-0.39, 0.29) is 17.8 Å². The number of amides is 1. The monoisotopic (exact) mass is 277 g/mol. The van der Waals surface area contributed by atoms with Crippen LogP contribution < -0.4 is 11.1 Å². The van der Waals surface area contributed by atoms with E-state index in [2.05, 4.69) is 10.2 Å². The first-order chi connectivity index (χ1) is 9.62. The predicted octanol–water partition coefficient (Wildman–Crippen LogP) is 1.72. The summed E-state index contributed by atoms with van der Waals surface area (Å²) in [6.45, 7) is 1.89. The van der Waals surface area contributed by atoms with Crippen LogP contribution in [0.3, 0.4) is 0 Å². The van der Waals surface area contributed by atoms with Crippen molar-refractivity contribution < 1.29 is 9.18 Å². The average molecular weight is 277 g/mol. The van der Waals surface area contributed by atoms with Crippen LogP contribution in [0.15, 0.2) is 24.3 Å². The molecular formula is C15H20FN3O. The molecule has 2 aliphatic heterocycles. The molecule has 0 aliphatic carbocycles. The van der Waals surface area contributed by atoms with Gasteiger partial charge in [0.15, 0.2) is 0 Å². The van der Waals surface area contributed by atoms with Gasteiger partial charge in [0.1, 0.15) is 11.4 Å².